The molecule has 5 nitrogen and oxygen atoms in total. The molecule has 0 aliphatic rings. The second kappa shape index (κ2) is 7.55. The lowest BCUT2D eigenvalue weighted by atomic mass is 10.3. The van der Waals surface area contributed by atoms with Gasteiger partial charge in [0.1, 0.15) is 5.75 Å². The fraction of sp³-hybridized carbons (Fsp3) is 0.0667. The number of methoxy groups -OCH3 is 1. The average molecular weight is 374 g/mol. The van der Waals surface area contributed by atoms with E-state index in [1.165, 1.54) is 31.4 Å². The number of rotatable bonds is 3. The SMILES string of the molecule is COc1ccc(Cl)cc1NC(=O)C(=O)Nc1cc(Cl)cc(Cl)c1. The normalized spacial score (nSPS) is 10.1. The van der Waals surface area contributed by atoms with Crippen LogP contribution in [0.2, 0.25) is 15.1 Å². The Bertz CT molecular complexity index is 745. The molecule has 0 atom stereocenters. The van der Waals surface area contributed by atoms with Crippen LogP contribution in [0.25, 0.3) is 0 Å². The van der Waals surface area contributed by atoms with Crippen molar-refractivity contribution >= 4 is 58.0 Å². The lowest BCUT2D eigenvalue weighted by Crippen LogP contribution is -2.29. The summed E-state index contributed by atoms with van der Waals surface area (Å²) in [5.74, 6) is -1.40. The fourth-order valence-corrected chi connectivity index (χ4v) is 2.47. The highest BCUT2D eigenvalue weighted by Crippen LogP contribution is 2.27. The van der Waals surface area contributed by atoms with Crippen molar-refractivity contribution in [1.82, 2.24) is 0 Å². The zero-order valence-electron chi connectivity index (χ0n) is 11.8. The topological polar surface area (TPSA) is 67.4 Å². The summed E-state index contributed by atoms with van der Waals surface area (Å²) >= 11 is 17.5. The van der Waals surface area contributed by atoms with Gasteiger partial charge in [-0.3, -0.25) is 9.59 Å². The molecule has 0 bridgehead atoms. The summed E-state index contributed by atoms with van der Waals surface area (Å²) in [4.78, 5) is 23.9. The van der Waals surface area contributed by atoms with Gasteiger partial charge in [0.25, 0.3) is 0 Å². The van der Waals surface area contributed by atoms with Crippen molar-refractivity contribution in [3.8, 4) is 5.75 Å². The Morgan fingerprint density at radius 3 is 2.09 bits per heavy atom. The van der Waals surface area contributed by atoms with Crippen molar-refractivity contribution in [1.29, 1.82) is 0 Å². The van der Waals surface area contributed by atoms with Crippen LogP contribution in [0.4, 0.5) is 11.4 Å². The summed E-state index contributed by atoms with van der Waals surface area (Å²) in [7, 11) is 1.44. The maximum Gasteiger partial charge on any atom is 0.314 e. The molecule has 0 fully saturated rings. The number of anilines is 2. The Morgan fingerprint density at radius 1 is 0.870 bits per heavy atom. The molecule has 0 unspecified atom stereocenters. The fourth-order valence-electron chi connectivity index (χ4n) is 1.77. The largest absolute Gasteiger partial charge is 0.495 e. The minimum atomic E-state index is -0.887. The second-order valence-corrected chi connectivity index (χ2v) is 5.72. The van der Waals surface area contributed by atoms with E-state index in [1.54, 1.807) is 12.1 Å². The van der Waals surface area contributed by atoms with Crippen LogP contribution in [-0.2, 0) is 9.59 Å². The smallest absolute Gasteiger partial charge is 0.314 e. The molecule has 23 heavy (non-hydrogen) atoms. The Balaban J connectivity index is 2.11. The molecule has 0 radical (unpaired) electrons. The van der Waals surface area contributed by atoms with Crippen molar-refractivity contribution in [2.75, 3.05) is 17.7 Å². The highest BCUT2D eigenvalue weighted by molar-refractivity contribution is 6.44. The highest BCUT2D eigenvalue weighted by Gasteiger charge is 2.17. The van der Waals surface area contributed by atoms with Gasteiger partial charge in [0.05, 0.1) is 12.8 Å². The van der Waals surface area contributed by atoms with E-state index in [4.69, 9.17) is 39.5 Å². The zero-order valence-corrected chi connectivity index (χ0v) is 14.1. The van der Waals surface area contributed by atoms with E-state index in [2.05, 4.69) is 10.6 Å². The maximum absolute atomic E-state index is 12.0. The molecule has 2 N–H and O–H groups in total. The van der Waals surface area contributed by atoms with Crippen LogP contribution >= 0.6 is 34.8 Å². The summed E-state index contributed by atoms with van der Waals surface area (Å²) in [5.41, 5.74) is 0.588. The van der Waals surface area contributed by atoms with E-state index in [-0.39, 0.29) is 5.69 Å². The first-order chi connectivity index (χ1) is 10.9. The molecule has 0 heterocycles. The molecule has 2 rings (SSSR count). The van der Waals surface area contributed by atoms with Crippen LogP contribution in [0.15, 0.2) is 36.4 Å². The zero-order chi connectivity index (χ0) is 17.0. The quantitative estimate of drug-likeness (QED) is 0.791. The molecule has 2 amide bonds. The second-order valence-electron chi connectivity index (χ2n) is 4.41. The number of carbonyl (C=O) groups excluding carboxylic acids is 2. The Morgan fingerprint density at radius 2 is 1.48 bits per heavy atom. The van der Waals surface area contributed by atoms with Gasteiger partial charge in [0.2, 0.25) is 0 Å². The molecule has 0 aliphatic heterocycles. The highest BCUT2D eigenvalue weighted by atomic mass is 35.5. The van der Waals surface area contributed by atoms with Gasteiger partial charge in [-0.15, -0.1) is 0 Å². The first-order valence-electron chi connectivity index (χ1n) is 6.31. The van der Waals surface area contributed by atoms with Gasteiger partial charge in [0.15, 0.2) is 0 Å². The molecule has 0 saturated heterocycles. The van der Waals surface area contributed by atoms with Crippen LogP contribution < -0.4 is 15.4 Å². The Kier molecular flexibility index (Phi) is 5.71. The van der Waals surface area contributed by atoms with Crippen LogP contribution in [0, 0.1) is 0 Å². The molecule has 2 aromatic rings. The Labute approximate surface area is 147 Å². The summed E-state index contributed by atoms with van der Waals surface area (Å²) < 4.78 is 5.09. The number of hydrogen-bond donors (Lipinski definition) is 2. The average Bonchev–Trinajstić information content (AvgIpc) is 2.46. The van der Waals surface area contributed by atoms with Crippen molar-refractivity contribution in [2.24, 2.45) is 0 Å². The van der Waals surface area contributed by atoms with E-state index in [0.717, 1.165) is 0 Å². The summed E-state index contributed by atoms with van der Waals surface area (Å²) in [6.45, 7) is 0. The first-order valence-corrected chi connectivity index (χ1v) is 7.44. The predicted molar refractivity (Wildman–Crippen MR) is 91.7 cm³/mol. The molecular formula is C15H11Cl3N2O3. The van der Waals surface area contributed by atoms with Crippen LogP contribution in [0.5, 0.6) is 5.75 Å². The molecule has 0 saturated carbocycles. The summed E-state index contributed by atoms with van der Waals surface area (Å²) in [5, 5.41) is 5.89. The third-order valence-electron chi connectivity index (χ3n) is 2.74. The van der Waals surface area contributed by atoms with Crippen LogP contribution in [-0.4, -0.2) is 18.9 Å². The number of amides is 2. The van der Waals surface area contributed by atoms with Gasteiger partial charge in [-0.2, -0.15) is 0 Å². The number of carbonyl (C=O) groups is 2. The summed E-state index contributed by atoms with van der Waals surface area (Å²) in [6.07, 6.45) is 0. The monoisotopic (exact) mass is 372 g/mol. The number of nitrogens with one attached hydrogen (secondary N) is 2. The number of benzene rings is 2. The molecule has 0 spiro atoms. The van der Waals surface area contributed by atoms with Crippen molar-refractivity contribution in [2.45, 2.75) is 0 Å². The van der Waals surface area contributed by atoms with Gasteiger partial charge >= 0.3 is 11.8 Å². The van der Waals surface area contributed by atoms with Crippen molar-refractivity contribution in [3.63, 3.8) is 0 Å². The lowest BCUT2D eigenvalue weighted by Gasteiger charge is -2.11. The number of halogens is 3. The summed E-state index contributed by atoms with van der Waals surface area (Å²) in [6, 6.07) is 9.10. The van der Waals surface area contributed by atoms with E-state index in [0.29, 0.717) is 26.5 Å². The van der Waals surface area contributed by atoms with E-state index in [9.17, 15) is 9.59 Å². The number of hydrogen-bond acceptors (Lipinski definition) is 3. The maximum atomic E-state index is 12.0. The molecule has 8 heteroatoms. The lowest BCUT2D eigenvalue weighted by molar-refractivity contribution is -0.133. The van der Waals surface area contributed by atoms with Crippen molar-refractivity contribution in [3.05, 3.63) is 51.5 Å². The van der Waals surface area contributed by atoms with E-state index >= 15 is 0 Å². The van der Waals surface area contributed by atoms with Crippen LogP contribution in [0.3, 0.4) is 0 Å². The van der Waals surface area contributed by atoms with Gasteiger partial charge in [-0.05, 0) is 36.4 Å². The standard InChI is InChI=1S/C15H11Cl3N2O3/c1-23-13-3-2-8(16)7-12(13)20-15(22)14(21)19-11-5-9(17)4-10(18)6-11/h2-7H,1H3,(H,19,21)(H,20,22). The van der Waals surface area contributed by atoms with E-state index in [1.807, 2.05) is 0 Å². The van der Waals surface area contributed by atoms with Gasteiger partial charge in [0, 0.05) is 20.8 Å². The third-order valence-corrected chi connectivity index (χ3v) is 3.41. The van der Waals surface area contributed by atoms with Gasteiger partial charge in [-0.25, -0.2) is 0 Å². The van der Waals surface area contributed by atoms with Gasteiger partial charge in [-0.1, -0.05) is 34.8 Å². The molecular weight excluding hydrogens is 363 g/mol. The van der Waals surface area contributed by atoms with E-state index < -0.39 is 11.8 Å². The van der Waals surface area contributed by atoms with Crippen molar-refractivity contribution < 1.29 is 14.3 Å². The molecule has 2 aromatic carbocycles. The molecule has 0 aromatic heterocycles. The third kappa shape index (κ3) is 4.76. The first kappa shape index (κ1) is 17.4. The minimum Gasteiger partial charge on any atom is -0.495 e. The van der Waals surface area contributed by atoms with Crippen LogP contribution in [0.1, 0.15) is 0 Å². The number of ether oxygens (including phenoxy) is 1. The predicted octanol–water partition coefficient (Wildman–Crippen LogP) is 4.23. The molecule has 0 aliphatic carbocycles. The van der Waals surface area contributed by atoms with Gasteiger partial charge < -0.3 is 15.4 Å². The Hall–Kier alpha value is -1.95. The minimum absolute atomic E-state index is 0.282. The molecule has 120 valence electrons.